The Bertz CT molecular complexity index is 657. The summed E-state index contributed by atoms with van der Waals surface area (Å²) in [5, 5.41) is 0. The highest BCUT2D eigenvalue weighted by Gasteiger charge is 2.01. The molecule has 2 rings (SSSR count). The van der Waals surface area contributed by atoms with Crippen molar-refractivity contribution in [2.24, 2.45) is 0 Å². The van der Waals surface area contributed by atoms with Crippen LogP contribution in [0.3, 0.4) is 0 Å². The van der Waals surface area contributed by atoms with E-state index in [4.69, 9.17) is 4.74 Å². The maximum Gasteiger partial charge on any atom is 0.185 e. The SMILES string of the molecule is C=CCOc1ccc(/C=C/C(=O)c2cccc(Br)c2)cc1. The summed E-state index contributed by atoms with van der Waals surface area (Å²) < 4.78 is 6.30. The van der Waals surface area contributed by atoms with E-state index in [1.54, 1.807) is 30.4 Å². The summed E-state index contributed by atoms with van der Waals surface area (Å²) in [6.07, 6.45) is 5.06. The zero-order valence-electron chi connectivity index (χ0n) is 11.5. The summed E-state index contributed by atoms with van der Waals surface area (Å²) in [7, 11) is 0. The van der Waals surface area contributed by atoms with Gasteiger partial charge < -0.3 is 4.74 Å². The first-order chi connectivity index (χ1) is 10.2. The van der Waals surface area contributed by atoms with Crippen LogP contribution < -0.4 is 4.74 Å². The molecule has 21 heavy (non-hydrogen) atoms. The number of ether oxygens (including phenoxy) is 1. The topological polar surface area (TPSA) is 26.3 Å². The number of benzene rings is 2. The Morgan fingerprint density at radius 3 is 2.62 bits per heavy atom. The van der Waals surface area contributed by atoms with E-state index in [1.165, 1.54) is 0 Å². The zero-order valence-corrected chi connectivity index (χ0v) is 13.0. The van der Waals surface area contributed by atoms with Crippen LogP contribution in [0.4, 0.5) is 0 Å². The van der Waals surface area contributed by atoms with Crippen LogP contribution in [0.1, 0.15) is 15.9 Å². The van der Waals surface area contributed by atoms with E-state index in [1.807, 2.05) is 36.4 Å². The maximum atomic E-state index is 12.0. The normalized spacial score (nSPS) is 10.5. The van der Waals surface area contributed by atoms with E-state index in [0.717, 1.165) is 15.8 Å². The minimum atomic E-state index is -0.0247. The predicted molar refractivity (Wildman–Crippen MR) is 89.6 cm³/mol. The van der Waals surface area contributed by atoms with Crippen LogP contribution in [-0.2, 0) is 0 Å². The molecule has 2 aromatic carbocycles. The molecule has 3 heteroatoms. The standard InChI is InChI=1S/C18H15BrO2/c1-2-12-21-17-9-6-14(7-10-17)8-11-18(20)15-4-3-5-16(19)13-15/h2-11,13H,1,12H2/b11-8+. The van der Waals surface area contributed by atoms with E-state index in [-0.39, 0.29) is 5.78 Å². The Morgan fingerprint density at radius 2 is 1.95 bits per heavy atom. The molecule has 0 bridgehead atoms. The molecule has 0 aliphatic carbocycles. The quantitative estimate of drug-likeness (QED) is 0.423. The van der Waals surface area contributed by atoms with Gasteiger partial charge in [-0.3, -0.25) is 4.79 Å². The fourth-order valence-corrected chi connectivity index (χ4v) is 2.14. The van der Waals surface area contributed by atoms with Gasteiger partial charge in [0, 0.05) is 10.0 Å². The van der Waals surface area contributed by atoms with Crippen molar-refractivity contribution in [2.45, 2.75) is 0 Å². The molecule has 0 radical (unpaired) electrons. The van der Waals surface area contributed by atoms with Crippen LogP contribution in [-0.4, -0.2) is 12.4 Å². The molecule has 0 fully saturated rings. The van der Waals surface area contributed by atoms with Gasteiger partial charge in [0.2, 0.25) is 0 Å². The molecule has 106 valence electrons. The van der Waals surface area contributed by atoms with E-state index in [2.05, 4.69) is 22.5 Å². The fourth-order valence-electron chi connectivity index (χ4n) is 1.74. The van der Waals surface area contributed by atoms with Gasteiger partial charge in [-0.1, -0.05) is 58.9 Å². The molecule has 0 N–H and O–H groups in total. The van der Waals surface area contributed by atoms with Crippen LogP contribution in [0.25, 0.3) is 6.08 Å². The van der Waals surface area contributed by atoms with Crippen LogP contribution in [0.15, 0.2) is 71.7 Å². The minimum absolute atomic E-state index is 0.0247. The molecular weight excluding hydrogens is 328 g/mol. The molecule has 0 spiro atoms. The maximum absolute atomic E-state index is 12.0. The number of carbonyl (C=O) groups excluding carboxylic acids is 1. The molecule has 0 aromatic heterocycles. The second kappa shape index (κ2) is 7.60. The molecule has 0 aliphatic rings. The molecule has 0 heterocycles. The molecule has 0 unspecified atom stereocenters. The molecule has 0 saturated heterocycles. The number of hydrogen-bond donors (Lipinski definition) is 0. The van der Waals surface area contributed by atoms with E-state index < -0.39 is 0 Å². The van der Waals surface area contributed by atoms with Crippen molar-refractivity contribution in [2.75, 3.05) is 6.61 Å². The molecule has 0 saturated carbocycles. The largest absolute Gasteiger partial charge is 0.490 e. The van der Waals surface area contributed by atoms with Crippen LogP contribution in [0.2, 0.25) is 0 Å². The van der Waals surface area contributed by atoms with Crippen molar-refractivity contribution < 1.29 is 9.53 Å². The molecular formula is C18H15BrO2. The van der Waals surface area contributed by atoms with Crippen LogP contribution >= 0.6 is 15.9 Å². The van der Waals surface area contributed by atoms with Gasteiger partial charge in [0.05, 0.1) is 0 Å². The molecule has 0 aliphatic heterocycles. The summed E-state index contributed by atoms with van der Waals surface area (Å²) in [6, 6.07) is 14.9. The lowest BCUT2D eigenvalue weighted by Crippen LogP contribution is -1.94. The van der Waals surface area contributed by atoms with E-state index >= 15 is 0 Å². The third kappa shape index (κ3) is 4.72. The monoisotopic (exact) mass is 342 g/mol. The summed E-state index contributed by atoms with van der Waals surface area (Å²) >= 11 is 3.36. The Morgan fingerprint density at radius 1 is 1.19 bits per heavy atom. The average molecular weight is 343 g/mol. The number of hydrogen-bond acceptors (Lipinski definition) is 2. The predicted octanol–water partition coefficient (Wildman–Crippen LogP) is 4.91. The van der Waals surface area contributed by atoms with Gasteiger partial charge in [-0.05, 0) is 35.9 Å². The lowest BCUT2D eigenvalue weighted by Gasteiger charge is -2.02. The first kappa shape index (κ1) is 15.3. The molecule has 2 nitrogen and oxygen atoms in total. The third-order valence-electron chi connectivity index (χ3n) is 2.78. The van der Waals surface area contributed by atoms with Crippen molar-refractivity contribution >= 4 is 27.8 Å². The van der Waals surface area contributed by atoms with Crippen molar-refractivity contribution in [1.29, 1.82) is 0 Å². The van der Waals surface area contributed by atoms with Gasteiger partial charge in [-0.15, -0.1) is 0 Å². The second-order valence-corrected chi connectivity index (χ2v) is 5.29. The number of halogens is 1. The molecule has 0 amide bonds. The van der Waals surface area contributed by atoms with Crippen molar-refractivity contribution in [1.82, 2.24) is 0 Å². The van der Waals surface area contributed by atoms with Crippen molar-refractivity contribution in [3.8, 4) is 5.75 Å². The second-order valence-electron chi connectivity index (χ2n) is 4.38. The van der Waals surface area contributed by atoms with E-state index in [9.17, 15) is 4.79 Å². The van der Waals surface area contributed by atoms with Gasteiger partial charge in [0.15, 0.2) is 5.78 Å². The lowest BCUT2D eigenvalue weighted by atomic mass is 10.1. The van der Waals surface area contributed by atoms with Gasteiger partial charge >= 0.3 is 0 Å². The number of ketones is 1. The molecule has 2 aromatic rings. The van der Waals surface area contributed by atoms with Gasteiger partial charge in [0.1, 0.15) is 12.4 Å². The Kier molecular flexibility index (Phi) is 5.52. The van der Waals surface area contributed by atoms with Crippen molar-refractivity contribution in [3.63, 3.8) is 0 Å². The average Bonchev–Trinajstić information content (AvgIpc) is 2.51. The summed E-state index contributed by atoms with van der Waals surface area (Å²) in [5.74, 6) is 0.758. The van der Waals surface area contributed by atoms with Crippen LogP contribution in [0.5, 0.6) is 5.75 Å². The Balaban J connectivity index is 2.03. The minimum Gasteiger partial charge on any atom is -0.490 e. The fraction of sp³-hybridized carbons (Fsp3) is 0.0556. The van der Waals surface area contributed by atoms with E-state index in [0.29, 0.717) is 12.2 Å². The number of allylic oxidation sites excluding steroid dienone is 1. The Hall–Kier alpha value is -2.13. The third-order valence-corrected chi connectivity index (χ3v) is 3.28. The Labute approximate surface area is 132 Å². The first-order valence-electron chi connectivity index (χ1n) is 6.51. The van der Waals surface area contributed by atoms with Gasteiger partial charge in [-0.2, -0.15) is 0 Å². The highest BCUT2D eigenvalue weighted by atomic mass is 79.9. The van der Waals surface area contributed by atoms with Gasteiger partial charge in [-0.25, -0.2) is 0 Å². The summed E-state index contributed by atoms with van der Waals surface area (Å²) in [4.78, 5) is 12.0. The van der Waals surface area contributed by atoms with Crippen LogP contribution in [0, 0.1) is 0 Å². The number of rotatable bonds is 6. The smallest absolute Gasteiger partial charge is 0.185 e. The highest BCUT2D eigenvalue weighted by molar-refractivity contribution is 9.10. The first-order valence-corrected chi connectivity index (χ1v) is 7.30. The molecule has 0 atom stereocenters. The zero-order chi connectivity index (χ0) is 15.1. The highest BCUT2D eigenvalue weighted by Crippen LogP contribution is 2.15. The van der Waals surface area contributed by atoms with Crippen molar-refractivity contribution in [3.05, 3.63) is 82.9 Å². The summed E-state index contributed by atoms with van der Waals surface area (Å²) in [5.41, 5.74) is 1.61. The summed E-state index contributed by atoms with van der Waals surface area (Å²) in [6.45, 7) is 4.08. The number of carbonyl (C=O) groups is 1. The van der Waals surface area contributed by atoms with Gasteiger partial charge in [0.25, 0.3) is 0 Å². The lowest BCUT2D eigenvalue weighted by molar-refractivity contribution is 0.104.